The summed E-state index contributed by atoms with van der Waals surface area (Å²) in [6, 6.07) is 9.08. The van der Waals surface area contributed by atoms with Gasteiger partial charge in [-0.15, -0.1) is 0 Å². The molecule has 14 heavy (non-hydrogen) atoms. The molecule has 0 aliphatic heterocycles. The lowest BCUT2D eigenvalue weighted by molar-refractivity contribution is 0.745. The van der Waals surface area contributed by atoms with Crippen LogP contribution in [0.4, 0.5) is 0 Å². The van der Waals surface area contributed by atoms with Gasteiger partial charge in [-0.1, -0.05) is 57.4 Å². The number of hydrogen-bond donors (Lipinski definition) is 0. The highest BCUT2D eigenvalue weighted by Crippen LogP contribution is 2.09. The van der Waals surface area contributed by atoms with E-state index in [-0.39, 0.29) is 0 Å². The average Bonchev–Trinajstić information content (AvgIpc) is 2.21. The van der Waals surface area contributed by atoms with Gasteiger partial charge in [0.2, 0.25) is 0 Å². The summed E-state index contributed by atoms with van der Waals surface area (Å²) in [6.45, 7) is 6.08. The molecule has 1 aromatic rings. The van der Waals surface area contributed by atoms with Crippen LogP contribution in [0, 0.1) is 6.92 Å². The molecule has 0 amide bonds. The van der Waals surface area contributed by atoms with Gasteiger partial charge in [-0.3, -0.25) is 0 Å². The third kappa shape index (κ3) is 3.95. The Morgan fingerprint density at radius 3 is 2.00 bits per heavy atom. The molecule has 0 saturated heterocycles. The molecule has 0 heteroatoms. The van der Waals surface area contributed by atoms with E-state index < -0.39 is 0 Å². The first-order valence-corrected chi connectivity index (χ1v) is 5.74. The highest BCUT2D eigenvalue weighted by atomic mass is 14.0. The number of hydrogen-bond acceptors (Lipinski definition) is 0. The van der Waals surface area contributed by atoms with E-state index in [1.807, 2.05) is 0 Å². The molecule has 77 valence electrons. The third-order valence-corrected chi connectivity index (χ3v) is 2.53. The van der Waals surface area contributed by atoms with Crippen LogP contribution < -0.4 is 0 Å². The van der Waals surface area contributed by atoms with Crippen molar-refractivity contribution in [2.24, 2.45) is 0 Å². The van der Waals surface area contributed by atoms with Crippen molar-refractivity contribution >= 4 is 0 Å². The zero-order valence-corrected chi connectivity index (χ0v) is 9.26. The lowest BCUT2D eigenvalue weighted by Gasteiger charge is -2.02. The molecule has 0 aliphatic rings. The van der Waals surface area contributed by atoms with Gasteiger partial charge in [-0.05, 0) is 30.4 Å². The fourth-order valence-electron chi connectivity index (χ4n) is 1.67. The number of aryl methyl sites for hydroxylation is 2. The van der Waals surface area contributed by atoms with E-state index in [2.05, 4.69) is 38.1 Å². The lowest BCUT2D eigenvalue weighted by Crippen LogP contribution is -1.87. The summed E-state index contributed by atoms with van der Waals surface area (Å²) in [4.78, 5) is 0. The van der Waals surface area contributed by atoms with Crippen LogP contribution in [0.3, 0.4) is 0 Å². The first-order valence-electron chi connectivity index (χ1n) is 5.74. The van der Waals surface area contributed by atoms with E-state index in [9.17, 15) is 0 Å². The molecule has 0 heterocycles. The Hall–Kier alpha value is -0.780. The molecule has 0 nitrogen and oxygen atoms in total. The Morgan fingerprint density at radius 2 is 1.50 bits per heavy atom. The molecule has 0 N–H and O–H groups in total. The van der Waals surface area contributed by atoms with E-state index in [1.54, 1.807) is 0 Å². The minimum Gasteiger partial charge on any atom is -0.0651 e. The summed E-state index contributed by atoms with van der Waals surface area (Å²) in [5.41, 5.74) is 2.94. The van der Waals surface area contributed by atoms with E-state index in [0.29, 0.717) is 0 Å². The molecule has 0 bridgehead atoms. The second-order valence-electron chi connectivity index (χ2n) is 3.88. The Balaban J connectivity index is 2.38. The number of unbranched alkanes of at least 4 members (excludes halogenated alkanes) is 2. The third-order valence-electron chi connectivity index (χ3n) is 2.53. The van der Waals surface area contributed by atoms with Crippen LogP contribution in [0.2, 0.25) is 0 Å². The summed E-state index contributed by atoms with van der Waals surface area (Å²) < 4.78 is 0. The van der Waals surface area contributed by atoms with Gasteiger partial charge in [0.05, 0.1) is 0 Å². The van der Waals surface area contributed by atoms with E-state index in [0.717, 1.165) is 6.42 Å². The first kappa shape index (κ1) is 11.3. The summed E-state index contributed by atoms with van der Waals surface area (Å²) in [7, 11) is 0. The minimum atomic E-state index is 1.06. The second kappa shape index (κ2) is 6.64. The molecule has 0 fully saturated rings. The molecule has 1 rings (SSSR count). The van der Waals surface area contributed by atoms with Crippen molar-refractivity contribution in [2.75, 3.05) is 0 Å². The van der Waals surface area contributed by atoms with Crippen LogP contribution in [0.15, 0.2) is 24.3 Å². The molecule has 0 aromatic heterocycles. The van der Waals surface area contributed by atoms with Crippen molar-refractivity contribution in [1.29, 1.82) is 0 Å². The SMILES string of the molecule is [CH2]CCCCc1ccc(CCC)cc1. The van der Waals surface area contributed by atoms with Crippen LogP contribution in [-0.4, -0.2) is 0 Å². The predicted octanol–water partition coefficient (Wildman–Crippen LogP) is 4.19. The zero-order valence-electron chi connectivity index (χ0n) is 9.26. The fourth-order valence-corrected chi connectivity index (χ4v) is 1.67. The highest BCUT2D eigenvalue weighted by Gasteiger charge is 1.94. The van der Waals surface area contributed by atoms with Crippen LogP contribution >= 0.6 is 0 Å². The van der Waals surface area contributed by atoms with Gasteiger partial charge >= 0.3 is 0 Å². The van der Waals surface area contributed by atoms with Gasteiger partial charge in [0.1, 0.15) is 0 Å². The van der Waals surface area contributed by atoms with Crippen LogP contribution in [-0.2, 0) is 12.8 Å². The molecular formula is C14H21. The smallest absolute Gasteiger partial charge is 0.0279 e. The molecule has 0 atom stereocenters. The predicted molar refractivity (Wildman–Crippen MR) is 63.3 cm³/mol. The van der Waals surface area contributed by atoms with Crippen molar-refractivity contribution in [2.45, 2.75) is 45.4 Å². The van der Waals surface area contributed by atoms with Crippen molar-refractivity contribution < 1.29 is 0 Å². The summed E-state index contributed by atoms with van der Waals surface area (Å²) in [5.74, 6) is 0. The first-order chi connectivity index (χ1) is 6.86. The number of benzene rings is 1. The molecule has 0 unspecified atom stereocenters. The molecule has 0 spiro atoms. The Bertz CT molecular complexity index is 233. The van der Waals surface area contributed by atoms with E-state index in [1.165, 1.54) is 43.2 Å². The van der Waals surface area contributed by atoms with Crippen molar-refractivity contribution in [3.05, 3.63) is 42.3 Å². The summed E-state index contributed by atoms with van der Waals surface area (Å²) in [5, 5.41) is 0. The topological polar surface area (TPSA) is 0 Å². The summed E-state index contributed by atoms with van der Waals surface area (Å²) in [6.07, 6.45) is 7.24. The largest absolute Gasteiger partial charge is 0.0651 e. The minimum absolute atomic E-state index is 1.06. The normalized spacial score (nSPS) is 10.4. The van der Waals surface area contributed by atoms with Gasteiger partial charge in [-0.25, -0.2) is 0 Å². The van der Waals surface area contributed by atoms with Gasteiger partial charge in [-0.2, -0.15) is 0 Å². The van der Waals surface area contributed by atoms with Gasteiger partial charge in [0.15, 0.2) is 0 Å². The van der Waals surface area contributed by atoms with Crippen molar-refractivity contribution in [3.63, 3.8) is 0 Å². The summed E-state index contributed by atoms with van der Waals surface area (Å²) >= 11 is 0. The lowest BCUT2D eigenvalue weighted by atomic mass is 10.0. The van der Waals surface area contributed by atoms with Gasteiger partial charge in [0, 0.05) is 0 Å². The van der Waals surface area contributed by atoms with Crippen LogP contribution in [0.25, 0.3) is 0 Å². The second-order valence-corrected chi connectivity index (χ2v) is 3.88. The number of rotatable bonds is 6. The Morgan fingerprint density at radius 1 is 0.929 bits per heavy atom. The molecular weight excluding hydrogens is 168 g/mol. The molecule has 0 aliphatic carbocycles. The maximum absolute atomic E-state index is 3.86. The fraction of sp³-hybridized carbons (Fsp3) is 0.500. The van der Waals surface area contributed by atoms with Crippen molar-refractivity contribution in [3.8, 4) is 0 Å². The highest BCUT2D eigenvalue weighted by molar-refractivity contribution is 5.22. The quantitative estimate of drug-likeness (QED) is 0.589. The van der Waals surface area contributed by atoms with E-state index >= 15 is 0 Å². The molecule has 1 radical (unpaired) electrons. The van der Waals surface area contributed by atoms with Crippen LogP contribution in [0.5, 0.6) is 0 Å². The standard InChI is InChI=1S/C14H21/c1-3-5-6-8-14-11-9-13(7-4-2)10-12-14/h9-12H,1,3-8H2,2H3. The van der Waals surface area contributed by atoms with Crippen LogP contribution in [0.1, 0.15) is 43.7 Å². The Labute approximate surface area is 88.4 Å². The van der Waals surface area contributed by atoms with Gasteiger partial charge in [0.25, 0.3) is 0 Å². The Kier molecular flexibility index (Phi) is 5.36. The monoisotopic (exact) mass is 189 g/mol. The van der Waals surface area contributed by atoms with E-state index in [4.69, 9.17) is 0 Å². The van der Waals surface area contributed by atoms with Crippen molar-refractivity contribution in [1.82, 2.24) is 0 Å². The molecule has 1 aromatic carbocycles. The maximum atomic E-state index is 3.86. The maximum Gasteiger partial charge on any atom is -0.0279 e. The average molecular weight is 189 g/mol. The zero-order chi connectivity index (χ0) is 10.2. The van der Waals surface area contributed by atoms with Gasteiger partial charge < -0.3 is 0 Å². The molecule has 0 saturated carbocycles.